The zero-order valence-corrected chi connectivity index (χ0v) is 73.1. The summed E-state index contributed by atoms with van der Waals surface area (Å²) >= 11 is 14.7. The van der Waals surface area contributed by atoms with E-state index in [-0.39, 0.29) is 65.8 Å². The molecule has 5 amide bonds. The lowest BCUT2D eigenvalue weighted by Gasteiger charge is -2.48. The van der Waals surface area contributed by atoms with Crippen molar-refractivity contribution in [3.8, 4) is 57.1 Å². The van der Waals surface area contributed by atoms with Gasteiger partial charge in [-0.3, -0.25) is 33.6 Å². The van der Waals surface area contributed by atoms with Crippen molar-refractivity contribution in [3.05, 3.63) is 117 Å². The minimum absolute atomic E-state index is 0.0459. The van der Waals surface area contributed by atoms with Gasteiger partial charge in [-0.15, -0.1) is 0 Å². The third-order valence-electron chi connectivity index (χ3n) is 24.2. The molecule has 694 valence electrons. The first kappa shape index (κ1) is 98.1. The third-order valence-corrected chi connectivity index (χ3v) is 24.8. The molecule has 23 atom stereocenters. The van der Waals surface area contributed by atoms with Gasteiger partial charge < -0.3 is 137 Å². The van der Waals surface area contributed by atoms with Gasteiger partial charge in [-0.2, -0.15) is 0 Å². The maximum atomic E-state index is 16.7. The van der Waals surface area contributed by atoms with Gasteiger partial charge in [-0.05, 0) is 130 Å². The number of nitrogens with one attached hydrogen (secondary N) is 5. The Kier molecular flexibility index (Phi) is 32.8. The van der Waals surface area contributed by atoms with Crippen LogP contribution >= 0.6 is 23.2 Å². The second kappa shape index (κ2) is 42.4. The van der Waals surface area contributed by atoms with E-state index in [1.165, 1.54) is 57.2 Å². The number of aliphatic hydroxyl groups excluding tert-OH is 6. The average Bonchev–Trinajstić information content (AvgIpc) is 0.776. The van der Waals surface area contributed by atoms with Gasteiger partial charge in [0.25, 0.3) is 0 Å². The smallest absolute Gasteiger partial charge is 0.334 e. The second-order valence-corrected chi connectivity index (χ2v) is 35.4. The molecule has 11 bridgehead atoms. The molecule has 38 heteroatoms. The highest BCUT2D eigenvalue weighted by atomic mass is 35.5. The van der Waals surface area contributed by atoms with E-state index in [1.807, 2.05) is 13.8 Å². The number of carbonyl (C=O) groups is 9. The number of carboxylic acid groups (broad SMARTS) is 2. The van der Waals surface area contributed by atoms with Crippen molar-refractivity contribution in [2.45, 2.75) is 279 Å². The Hall–Kier alpha value is -9.45. The number of ether oxygens (including phenoxy) is 9. The number of aliphatic carboxylic acids is 2. The van der Waals surface area contributed by atoms with Crippen molar-refractivity contribution in [3.63, 3.8) is 0 Å². The van der Waals surface area contributed by atoms with E-state index in [0.29, 0.717) is 12.8 Å². The van der Waals surface area contributed by atoms with E-state index < -0.39 is 285 Å². The van der Waals surface area contributed by atoms with Gasteiger partial charge in [-0.1, -0.05) is 114 Å². The normalized spacial score (nSPS) is 29.9. The quantitative estimate of drug-likeness (QED) is 0.0214. The molecule has 127 heavy (non-hydrogen) atoms. The predicted molar refractivity (Wildman–Crippen MR) is 453 cm³/mol. The summed E-state index contributed by atoms with van der Waals surface area (Å²) in [5.74, 6) is -20.9. The lowest BCUT2D eigenvalue weighted by atomic mass is 9.84. The molecule has 36 nitrogen and oxygen atoms in total. The van der Waals surface area contributed by atoms with E-state index in [4.69, 9.17) is 77.3 Å². The van der Waals surface area contributed by atoms with Gasteiger partial charge in [0.1, 0.15) is 77.4 Å². The number of primary amides is 1. The third kappa shape index (κ3) is 23.2. The number of hydrogen-bond donors (Lipinski definition) is 18. The number of aliphatic hydroxyl groups is 6. The van der Waals surface area contributed by atoms with Crippen LogP contribution in [0.5, 0.6) is 46.0 Å². The molecule has 20 N–H and O–H groups in total. The number of Topliss-reactive ketones (excluding diaryl/α,β-unsaturated/α-hetero) is 2. The molecule has 0 spiro atoms. The molecular formula is C89H115Cl2N7O29. The molecule has 8 aliphatic rings. The number of phenolic OH excluding ortho intramolecular Hbond substituents is 3. The lowest BCUT2D eigenvalue weighted by molar-refractivity contribution is -0.334. The molecule has 0 radical (unpaired) electrons. The average molecular weight is 1820 g/mol. The highest BCUT2D eigenvalue weighted by Gasteiger charge is 2.53. The van der Waals surface area contributed by atoms with Gasteiger partial charge in [0.15, 0.2) is 53.9 Å². The van der Waals surface area contributed by atoms with Crippen LogP contribution in [0.3, 0.4) is 0 Å². The maximum Gasteiger partial charge on any atom is 0.334 e. The topological polar surface area (TPSA) is 571 Å². The number of amides is 5. The van der Waals surface area contributed by atoms with Crippen LogP contribution in [0.25, 0.3) is 11.1 Å². The Morgan fingerprint density at radius 2 is 1.29 bits per heavy atom. The Balaban J connectivity index is 1.12. The summed E-state index contributed by atoms with van der Waals surface area (Å²) in [7, 11) is 0. The molecule has 5 aromatic rings. The standard InChI is InChI=1S/C89H115Cl2N7O29/c1-9-11-12-13-14-15-16-17-24-119-63(85(115)116)38-94-89(8)37-67(121-42(6)80(89)110)126-78-75(108)74(107)64(39-99)124-87(78)127-77-61-30-47-31-62(77)123-60-23-20-46(28-54(60)91)76(125-66-36-88(7,93)79(109)41(5)120-66)72-84(114)96-70(86(117)118)52-33-49(100)34-56(102)68(52)51-26-44(18-21-55(51)101)50(83(113)98-72)35-58(104)69(47)95-82(112)48(32-65(92)105)29-57(103)71(97-81(111)43(10-2)25-40(3)4)73(106)45-19-22-59(122-61)53(90)27-45/h18-23,26-28,30-31,33-34,40-43,48,50,63-64,66-67,69-76,78-80,87,94,99-102,106-110H,9-17,24-25,29,32,35-39,93H2,1-8H3,(H2,92,105)(H,95,112)(H,96,114)(H,97,111)(H,98,113)(H,115,116)(H,117,118)/t41?,42?,43-,48?,50?,63?,64?,66?,67?,69?,70?,71-,72+,73?,74?,75?,76-,78?,79?,80?,87?,88?,89?/m1/s1. The van der Waals surface area contributed by atoms with E-state index >= 15 is 24.0 Å². The van der Waals surface area contributed by atoms with Crippen LogP contribution in [0.2, 0.25) is 10.0 Å². The van der Waals surface area contributed by atoms with Crippen LogP contribution in [-0.2, 0) is 71.6 Å². The fourth-order valence-electron chi connectivity index (χ4n) is 17.1. The van der Waals surface area contributed by atoms with Crippen LogP contribution in [0.4, 0.5) is 0 Å². The summed E-state index contributed by atoms with van der Waals surface area (Å²) in [4.78, 5) is 134. The fourth-order valence-corrected chi connectivity index (χ4v) is 17.6. The number of halogens is 2. The number of unbranched alkanes of at least 4 members (excludes halogenated alkanes) is 7. The van der Waals surface area contributed by atoms with Crippen LogP contribution < -0.4 is 52.3 Å². The largest absolute Gasteiger partial charge is 0.508 e. The first-order valence-electron chi connectivity index (χ1n) is 42.8. The Morgan fingerprint density at radius 3 is 1.90 bits per heavy atom. The van der Waals surface area contributed by atoms with Crippen LogP contribution in [0, 0.1) is 17.8 Å². The summed E-state index contributed by atoms with van der Waals surface area (Å²) in [6.45, 7) is 12.4. The van der Waals surface area contributed by atoms with Crippen molar-refractivity contribution in [1.82, 2.24) is 26.6 Å². The molecular weight excluding hydrogens is 1700 g/mol. The van der Waals surface area contributed by atoms with Crippen molar-refractivity contribution >= 4 is 76.2 Å². The Morgan fingerprint density at radius 1 is 0.669 bits per heavy atom. The minimum atomic E-state index is -2.29. The first-order chi connectivity index (χ1) is 60.1. The molecule has 13 rings (SSSR count). The monoisotopic (exact) mass is 1820 g/mol. The molecule has 19 unspecified atom stereocenters. The zero-order valence-electron chi connectivity index (χ0n) is 71.6. The van der Waals surface area contributed by atoms with Gasteiger partial charge in [0, 0.05) is 85.0 Å². The SMILES string of the molecule is CCCCCCCCCCOC(CNC1(C)CC(OC2C(Oc3c4cc5cc3Oc3ccc(cc3Cl)[C@@H](OC3CC(C)(N)C(O)C(C)O3)[C@@H]3NC(=O)C(CC(=O)C5NC(=O)C(CC(N)=O)CC(=O)[C@@H](NC(=O)[C@H](CC)CC(C)C)C(O)c5ccc(c(Cl)c5)O4)c4ccc(O)c(c4)-c4c(O)cc(O)cc4C(C(=O)O)NC3=O)OC(CO)C(O)C2O)OC(C)C1O)C(=O)O. The molecule has 3 fully saturated rings. The summed E-state index contributed by atoms with van der Waals surface area (Å²) in [5, 5.41) is 140. The van der Waals surface area contributed by atoms with Crippen LogP contribution in [-0.4, -0.2) is 226 Å². The fraction of sp³-hybridized carbons (Fsp3) is 0.562. The number of nitrogens with two attached hydrogens (primary N) is 2. The summed E-state index contributed by atoms with van der Waals surface area (Å²) in [6, 6.07) is 5.74. The van der Waals surface area contributed by atoms with Crippen molar-refractivity contribution in [2.24, 2.45) is 29.2 Å². The van der Waals surface area contributed by atoms with Crippen LogP contribution in [0.15, 0.2) is 78.9 Å². The minimum Gasteiger partial charge on any atom is -0.508 e. The maximum absolute atomic E-state index is 16.7. The summed E-state index contributed by atoms with van der Waals surface area (Å²) in [6.07, 6.45) is -18.8. The number of phenols is 3. The lowest BCUT2D eigenvalue weighted by Crippen LogP contribution is -2.66. The number of rotatable bonds is 29. The Bertz CT molecular complexity index is 4830. The number of benzene rings is 5. The number of aromatic hydroxyl groups is 3. The summed E-state index contributed by atoms with van der Waals surface area (Å²) in [5.41, 5.74) is 7.15. The number of carboxylic acids is 2. The highest BCUT2D eigenvalue weighted by molar-refractivity contribution is 6.32. The molecule has 0 aliphatic carbocycles. The zero-order chi connectivity index (χ0) is 92.5. The first-order valence-corrected chi connectivity index (χ1v) is 43.5. The number of hydrogen-bond acceptors (Lipinski definition) is 29. The number of carbonyl (C=O) groups excluding carboxylic acids is 7. The Labute approximate surface area is 742 Å². The second-order valence-electron chi connectivity index (χ2n) is 34.6. The van der Waals surface area contributed by atoms with E-state index in [1.54, 1.807) is 13.8 Å². The highest BCUT2D eigenvalue weighted by Crippen LogP contribution is 2.51. The van der Waals surface area contributed by atoms with E-state index in [9.17, 15) is 75.3 Å². The molecule has 5 aromatic carbocycles. The van der Waals surface area contributed by atoms with Gasteiger partial charge in [-0.25, -0.2) is 9.59 Å². The number of ketones is 2. The van der Waals surface area contributed by atoms with Gasteiger partial charge >= 0.3 is 11.9 Å². The van der Waals surface area contributed by atoms with Crippen molar-refractivity contribution in [1.29, 1.82) is 0 Å². The number of fused-ring (bicyclic) bond motifs is 15. The summed E-state index contributed by atoms with van der Waals surface area (Å²) < 4.78 is 58.7. The molecule has 3 saturated heterocycles. The van der Waals surface area contributed by atoms with Crippen molar-refractivity contribution < 1.29 is 142 Å². The molecule has 8 aliphatic heterocycles. The van der Waals surface area contributed by atoms with Gasteiger partial charge in [0.2, 0.25) is 41.6 Å². The van der Waals surface area contributed by atoms with Crippen molar-refractivity contribution in [2.75, 3.05) is 19.8 Å². The molecule has 0 saturated carbocycles. The van der Waals surface area contributed by atoms with Crippen LogP contribution in [0.1, 0.15) is 210 Å². The van der Waals surface area contributed by atoms with E-state index in [2.05, 4.69) is 33.5 Å². The predicted octanol–water partition coefficient (Wildman–Crippen LogP) is 7.00. The van der Waals surface area contributed by atoms with E-state index in [0.717, 1.165) is 87.4 Å². The van der Waals surface area contributed by atoms with Gasteiger partial charge in [0.05, 0.1) is 52.9 Å². The molecule has 8 heterocycles. The molecule has 0 aromatic heterocycles.